The van der Waals surface area contributed by atoms with Crippen LogP contribution in [0.15, 0.2) is 77.1 Å². The lowest BCUT2D eigenvalue weighted by atomic mass is 9.90. The summed E-state index contributed by atoms with van der Waals surface area (Å²) in [6, 6.07) is 18.3. The summed E-state index contributed by atoms with van der Waals surface area (Å²) in [5, 5.41) is 2.82. The summed E-state index contributed by atoms with van der Waals surface area (Å²) in [4.78, 5) is 21.5. The van der Waals surface area contributed by atoms with E-state index in [4.69, 9.17) is 0 Å². The third kappa shape index (κ3) is 4.34. The van der Waals surface area contributed by atoms with Gasteiger partial charge in [0, 0.05) is 29.0 Å². The molecule has 6 nitrogen and oxygen atoms in total. The summed E-state index contributed by atoms with van der Waals surface area (Å²) in [5.41, 5.74) is 3.72. The summed E-state index contributed by atoms with van der Waals surface area (Å²) < 4.78 is 29.1. The van der Waals surface area contributed by atoms with Gasteiger partial charge in [-0.2, -0.15) is 4.31 Å². The Balaban J connectivity index is 1.52. The molecule has 5 rings (SSSR count). The Hall–Kier alpha value is -3.07. The number of carbonyl (C=O) groups is 1. The maximum absolute atomic E-state index is 13.9. The van der Waals surface area contributed by atoms with Gasteiger partial charge in [-0.1, -0.05) is 42.5 Å². The minimum absolute atomic E-state index is 0.122. The van der Waals surface area contributed by atoms with Gasteiger partial charge in [-0.15, -0.1) is 11.3 Å². The number of rotatable bonds is 6. The lowest BCUT2D eigenvalue weighted by Crippen LogP contribution is -2.48. The van der Waals surface area contributed by atoms with Crippen LogP contribution in [0.2, 0.25) is 0 Å². The van der Waals surface area contributed by atoms with Gasteiger partial charge in [0.1, 0.15) is 4.90 Å². The number of pyridine rings is 1. The van der Waals surface area contributed by atoms with Crippen molar-refractivity contribution in [3.63, 3.8) is 0 Å². The van der Waals surface area contributed by atoms with Crippen LogP contribution in [-0.2, 0) is 21.2 Å². The number of sulfonamides is 1. The van der Waals surface area contributed by atoms with Crippen molar-refractivity contribution in [2.45, 2.75) is 44.2 Å². The van der Waals surface area contributed by atoms with Crippen LogP contribution in [0.4, 0.5) is 0 Å². The standard InChI is InChI=1S/C28H29N3O3S2/c1-19(2)31(36(33,34)25-12-6-9-21-10-7-15-29-27(21)25)18-26(32)30-16-13-24-23(14-17-35-24)28(30)22-11-5-4-8-20(22)3/h4-12,14-15,17,19,28H,13,16,18H2,1-3H3. The molecule has 0 aliphatic carbocycles. The highest BCUT2D eigenvalue weighted by Gasteiger charge is 2.37. The van der Waals surface area contributed by atoms with Crippen molar-refractivity contribution in [2.24, 2.45) is 0 Å². The number of carbonyl (C=O) groups excluding carboxylic acids is 1. The van der Waals surface area contributed by atoms with Crippen LogP contribution in [0.5, 0.6) is 0 Å². The van der Waals surface area contributed by atoms with E-state index in [1.54, 1.807) is 49.6 Å². The molecular formula is C28H29N3O3S2. The largest absolute Gasteiger partial charge is 0.330 e. The molecule has 1 atom stereocenters. The molecule has 0 saturated carbocycles. The number of amides is 1. The minimum atomic E-state index is -3.98. The highest BCUT2D eigenvalue weighted by atomic mass is 32.2. The zero-order valence-corrected chi connectivity index (χ0v) is 22.2. The second-order valence-electron chi connectivity index (χ2n) is 9.37. The van der Waals surface area contributed by atoms with Gasteiger partial charge in [-0.3, -0.25) is 9.78 Å². The lowest BCUT2D eigenvalue weighted by Gasteiger charge is -2.38. The maximum atomic E-state index is 13.9. The first kappa shape index (κ1) is 24.6. The van der Waals surface area contributed by atoms with Crippen molar-refractivity contribution in [1.82, 2.24) is 14.2 Å². The van der Waals surface area contributed by atoms with Gasteiger partial charge in [-0.25, -0.2) is 8.42 Å². The summed E-state index contributed by atoms with van der Waals surface area (Å²) in [6.07, 6.45) is 2.36. The Morgan fingerprint density at radius 2 is 1.86 bits per heavy atom. The number of aryl methyl sites for hydroxylation is 1. The van der Waals surface area contributed by atoms with E-state index in [1.807, 2.05) is 29.2 Å². The van der Waals surface area contributed by atoms with Gasteiger partial charge in [0.15, 0.2) is 0 Å². The fourth-order valence-corrected chi connectivity index (χ4v) is 7.65. The first-order valence-electron chi connectivity index (χ1n) is 12.1. The predicted molar refractivity (Wildman–Crippen MR) is 144 cm³/mol. The van der Waals surface area contributed by atoms with Crippen molar-refractivity contribution in [1.29, 1.82) is 0 Å². The van der Waals surface area contributed by atoms with E-state index in [0.29, 0.717) is 12.1 Å². The quantitative estimate of drug-likeness (QED) is 0.352. The number of fused-ring (bicyclic) bond motifs is 2. The number of nitrogens with zero attached hydrogens (tertiary/aromatic N) is 3. The Morgan fingerprint density at radius 1 is 1.08 bits per heavy atom. The topological polar surface area (TPSA) is 70.6 Å². The van der Waals surface area contributed by atoms with Gasteiger partial charge in [0.2, 0.25) is 15.9 Å². The summed E-state index contributed by atoms with van der Waals surface area (Å²) in [5.74, 6) is -0.203. The van der Waals surface area contributed by atoms with Crippen LogP contribution < -0.4 is 0 Å². The molecule has 4 aromatic rings. The zero-order chi connectivity index (χ0) is 25.4. The number of para-hydroxylation sites is 1. The first-order chi connectivity index (χ1) is 17.3. The molecule has 1 amide bonds. The Bertz CT molecular complexity index is 1520. The van der Waals surface area contributed by atoms with Crippen LogP contribution in [0, 0.1) is 6.92 Å². The molecule has 1 unspecified atom stereocenters. The highest BCUT2D eigenvalue weighted by molar-refractivity contribution is 7.89. The van der Waals surface area contributed by atoms with E-state index in [2.05, 4.69) is 35.5 Å². The van der Waals surface area contributed by atoms with Crippen molar-refractivity contribution < 1.29 is 13.2 Å². The van der Waals surface area contributed by atoms with Gasteiger partial charge >= 0.3 is 0 Å². The van der Waals surface area contributed by atoms with Gasteiger partial charge in [-0.05, 0) is 67.5 Å². The third-order valence-electron chi connectivity index (χ3n) is 6.82. The molecule has 2 aromatic carbocycles. The monoisotopic (exact) mass is 519 g/mol. The Kier molecular flexibility index (Phi) is 6.68. The molecule has 36 heavy (non-hydrogen) atoms. The van der Waals surface area contributed by atoms with Crippen LogP contribution in [0.3, 0.4) is 0 Å². The van der Waals surface area contributed by atoms with E-state index < -0.39 is 16.1 Å². The van der Waals surface area contributed by atoms with E-state index in [1.165, 1.54) is 9.18 Å². The van der Waals surface area contributed by atoms with Gasteiger partial charge < -0.3 is 4.90 Å². The van der Waals surface area contributed by atoms with Crippen LogP contribution in [-0.4, -0.2) is 47.6 Å². The molecule has 1 aliphatic rings. The number of hydrogen-bond acceptors (Lipinski definition) is 5. The number of thiophene rings is 1. The fraction of sp³-hybridized carbons (Fsp3) is 0.286. The minimum Gasteiger partial charge on any atom is -0.330 e. The van der Waals surface area contributed by atoms with Crippen LogP contribution in [0.25, 0.3) is 10.9 Å². The molecule has 0 fully saturated rings. The molecule has 0 N–H and O–H groups in total. The number of benzene rings is 2. The normalized spacial score (nSPS) is 16.0. The number of aromatic nitrogens is 1. The second kappa shape index (κ2) is 9.76. The van der Waals surface area contributed by atoms with Crippen LogP contribution in [0.1, 0.15) is 41.5 Å². The Morgan fingerprint density at radius 3 is 2.64 bits per heavy atom. The summed E-state index contributed by atoms with van der Waals surface area (Å²) >= 11 is 1.71. The fourth-order valence-electron chi connectivity index (χ4n) is 4.99. The summed E-state index contributed by atoms with van der Waals surface area (Å²) in [6.45, 7) is 5.97. The molecular weight excluding hydrogens is 490 g/mol. The van der Waals surface area contributed by atoms with E-state index >= 15 is 0 Å². The average molecular weight is 520 g/mol. The SMILES string of the molecule is Cc1ccccc1C1c2ccsc2CCN1C(=O)CN(C(C)C)S(=O)(=O)c1cccc2cccnc12. The smallest absolute Gasteiger partial charge is 0.245 e. The lowest BCUT2D eigenvalue weighted by molar-refractivity contribution is -0.133. The van der Waals surface area contributed by atoms with Crippen molar-refractivity contribution in [3.8, 4) is 0 Å². The molecule has 0 spiro atoms. The van der Waals surface area contributed by atoms with Gasteiger partial charge in [0.05, 0.1) is 18.1 Å². The highest BCUT2D eigenvalue weighted by Crippen LogP contribution is 2.39. The van der Waals surface area contributed by atoms with Gasteiger partial charge in [0.25, 0.3) is 0 Å². The Labute approximate surface area is 216 Å². The van der Waals surface area contributed by atoms with Crippen molar-refractivity contribution in [2.75, 3.05) is 13.1 Å². The first-order valence-corrected chi connectivity index (χ1v) is 14.4. The molecule has 0 saturated heterocycles. The second-order valence-corrected chi connectivity index (χ2v) is 12.2. The number of hydrogen-bond donors (Lipinski definition) is 0. The third-order valence-corrected chi connectivity index (χ3v) is 9.87. The van der Waals surface area contributed by atoms with Crippen LogP contribution >= 0.6 is 11.3 Å². The average Bonchev–Trinajstić information content (AvgIpc) is 3.35. The predicted octanol–water partition coefficient (Wildman–Crippen LogP) is 5.18. The molecule has 1 aliphatic heterocycles. The molecule has 0 radical (unpaired) electrons. The summed E-state index contributed by atoms with van der Waals surface area (Å²) in [7, 11) is -3.98. The zero-order valence-electron chi connectivity index (χ0n) is 20.6. The van der Waals surface area contributed by atoms with Crippen molar-refractivity contribution >= 4 is 38.2 Å². The molecule has 3 heterocycles. The van der Waals surface area contributed by atoms with E-state index in [-0.39, 0.29) is 23.4 Å². The van der Waals surface area contributed by atoms with E-state index in [0.717, 1.165) is 28.5 Å². The molecule has 186 valence electrons. The molecule has 2 aromatic heterocycles. The maximum Gasteiger partial charge on any atom is 0.245 e. The van der Waals surface area contributed by atoms with E-state index in [9.17, 15) is 13.2 Å². The molecule has 8 heteroatoms. The van der Waals surface area contributed by atoms with Crippen molar-refractivity contribution in [3.05, 3.63) is 93.8 Å². The molecule has 0 bridgehead atoms.